The maximum atomic E-state index is 13.9. The van der Waals surface area contributed by atoms with Gasteiger partial charge in [-0.1, -0.05) is 24.3 Å². The van der Waals surface area contributed by atoms with Gasteiger partial charge >= 0.3 is 5.69 Å². The third-order valence-corrected chi connectivity index (χ3v) is 6.36. The van der Waals surface area contributed by atoms with Gasteiger partial charge in [0.1, 0.15) is 5.82 Å². The normalized spacial score (nSPS) is 14.5. The number of carbonyl (C=O) groups excluding carboxylic acids is 1. The Hall–Kier alpha value is -3.35. The Morgan fingerprint density at radius 3 is 2.55 bits per heavy atom. The van der Waals surface area contributed by atoms with Crippen molar-refractivity contribution in [2.24, 2.45) is 0 Å². The van der Waals surface area contributed by atoms with E-state index in [1.165, 1.54) is 6.07 Å². The summed E-state index contributed by atoms with van der Waals surface area (Å²) in [4.78, 5) is 35.3. The van der Waals surface area contributed by atoms with Crippen LogP contribution in [0.3, 0.4) is 0 Å². The molecule has 0 unspecified atom stereocenters. The first-order valence-electron chi connectivity index (χ1n) is 11.4. The SMILES string of the molecule is Cc1cc(C)n(CCC(=O)N2CCC(c3ccc(Cc4ccccc4F)cn3)CC2)c(=O)n1. The van der Waals surface area contributed by atoms with Gasteiger partial charge in [0.2, 0.25) is 5.91 Å². The molecule has 0 aliphatic carbocycles. The highest BCUT2D eigenvalue weighted by molar-refractivity contribution is 5.76. The monoisotopic (exact) mass is 448 g/mol. The lowest BCUT2D eigenvalue weighted by molar-refractivity contribution is -0.132. The summed E-state index contributed by atoms with van der Waals surface area (Å²) in [6, 6.07) is 12.7. The second-order valence-corrected chi connectivity index (χ2v) is 8.74. The smallest absolute Gasteiger partial charge is 0.343 e. The zero-order chi connectivity index (χ0) is 23.4. The number of nitrogens with zero attached hydrogens (tertiary/aromatic N) is 4. The fourth-order valence-electron chi connectivity index (χ4n) is 4.48. The van der Waals surface area contributed by atoms with Crippen molar-refractivity contribution in [3.8, 4) is 0 Å². The van der Waals surface area contributed by atoms with Crippen LogP contribution < -0.4 is 5.69 Å². The van der Waals surface area contributed by atoms with Crippen molar-refractivity contribution in [1.29, 1.82) is 0 Å². The third-order valence-electron chi connectivity index (χ3n) is 6.36. The summed E-state index contributed by atoms with van der Waals surface area (Å²) in [5.74, 6) is 0.175. The number of carbonyl (C=O) groups is 1. The van der Waals surface area contributed by atoms with Crippen molar-refractivity contribution in [3.05, 3.63) is 93.2 Å². The van der Waals surface area contributed by atoms with E-state index in [9.17, 15) is 14.0 Å². The third kappa shape index (κ3) is 5.53. The molecular weight excluding hydrogens is 419 g/mol. The lowest BCUT2D eigenvalue weighted by Gasteiger charge is -2.32. The summed E-state index contributed by atoms with van der Waals surface area (Å²) in [5, 5.41) is 0. The second-order valence-electron chi connectivity index (χ2n) is 8.74. The van der Waals surface area contributed by atoms with Crippen LogP contribution in [-0.4, -0.2) is 38.4 Å². The first-order chi connectivity index (χ1) is 15.9. The van der Waals surface area contributed by atoms with Crippen LogP contribution in [0, 0.1) is 19.7 Å². The van der Waals surface area contributed by atoms with Gasteiger partial charge in [-0.2, -0.15) is 4.98 Å². The van der Waals surface area contributed by atoms with Crippen LogP contribution in [-0.2, 0) is 17.8 Å². The Kier molecular flexibility index (Phi) is 6.96. The molecule has 1 aliphatic rings. The molecule has 2 aromatic heterocycles. The predicted molar refractivity (Wildman–Crippen MR) is 125 cm³/mol. The molecule has 33 heavy (non-hydrogen) atoms. The summed E-state index contributed by atoms with van der Waals surface area (Å²) < 4.78 is 15.4. The molecule has 3 heterocycles. The minimum Gasteiger partial charge on any atom is -0.343 e. The number of halogens is 1. The van der Waals surface area contributed by atoms with Gasteiger partial charge in [-0.05, 0) is 56.0 Å². The molecule has 4 rings (SSSR count). The Labute approximate surface area is 193 Å². The molecule has 0 N–H and O–H groups in total. The van der Waals surface area contributed by atoms with Gasteiger partial charge in [0, 0.05) is 61.7 Å². The van der Waals surface area contributed by atoms with Gasteiger partial charge in [-0.25, -0.2) is 9.18 Å². The maximum Gasteiger partial charge on any atom is 0.347 e. The van der Waals surface area contributed by atoms with Crippen molar-refractivity contribution in [3.63, 3.8) is 0 Å². The molecular formula is C26H29FN4O2. The number of likely N-dealkylation sites (tertiary alicyclic amines) is 1. The second kappa shape index (κ2) is 10.1. The summed E-state index contributed by atoms with van der Waals surface area (Å²) in [5.41, 5.74) is 3.88. The van der Waals surface area contributed by atoms with Gasteiger partial charge in [0.15, 0.2) is 0 Å². The molecule has 3 aromatic rings. The van der Waals surface area contributed by atoms with E-state index in [1.54, 1.807) is 23.6 Å². The largest absolute Gasteiger partial charge is 0.347 e. The van der Waals surface area contributed by atoms with Crippen molar-refractivity contribution in [1.82, 2.24) is 19.4 Å². The van der Waals surface area contributed by atoms with Crippen LogP contribution in [0.15, 0.2) is 53.5 Å². The quantitative estimate of drug-likeness (QED) is 0.576. The summed E-state index contributed by atoms with van der Waals surface area (Å²) in [7, 11) is 0. The summed E-state index contributed by atoms with van der Waals surface area (Å²) in [6.45, 7) is 5.37. The topological polar surface area (TPSA) is 68.1 Å². The van der Waals surface area contributed by atoms with E-state index in [1.807, 2.05) is 42.3 Å². The van der Waals surface area contributed by atoms with Crippen LogP contribution >= 0.6 is 0 Å². The van der Waals surface area contributed by atoms with Crippen LogP contribution in [0.5, 0.6) is 0 Å². The van der Waals surface area contributed by atoms with Crippen molar-refractivity contribution in [2.45, 2.75) is 52.0 Å². The number of benzene rings is 1. The first kappa shape index (κ1) is 22.8. The van der Waals surface area contributed by atoms with E-state index in [0.29, 0.717) is 49.7 Å². The Morgan fingerprint density at radius 2 is 1.88 bits per heavy atom. The van der Waals surface area contributed by atoms with E-state index in [2.05, 4.69) is 9.97 Å². The average molecular weight is 449 g/mol. The van der Waals surface area contributed by atoms with Gasteiger partial charge in [-0.3, -0.25) is 14.3 Å². The number of hydrogen-bond acceptors (Lipinski definition) is 4. The highest BCUT2D eigenvalue weighted by Gasteiger charge is 2.24. The zero-order valence-electron chi connectivity index (χ0n) is 19.1. The molecule has 1 fully saturated rings. The van der Waals surface area contributed by atoms with Gasteiger partial charge in [-0.15, -0.1) is 0 Å². The highest BCUT2D eigenvalue weighted by Crippen LogP contribution is 2.27. The predicted octanol–water partition coefficient (Wildman–Crippen LogP) is 3.78. The lowest BCUT2D eigenvalue weighted by Crippen LogP contribution is -2.39. The van der Waals surface area contributed by atoms with Gasteiger partial charge < -0.3 is 4.90 Å². The molecule has 1 aromatic carbocycles. The van der Waals surface area contributed by atoms with Crippen LogP contribution in [0.1, 0.15) is 53.4 Å². The molecule has 1 amide bonds. The van der Waals surface area contributed by atoms with Crippen molar-refractivity contribution >= 4 is 5.91 Å². The molecule has 6 nitrogen and oxygen atoms in total. The van der Waals surface area contributed by atoms with Crippen LogP contribution in [0.25, 0.3) is 0 Å². The van der Waals surface area contributed by atoms with E-state index in [4.69, 9.17) is 0 Å². The molecule has 0 radical (unpaired) electrons. The van der Waals surface area contributed by atoms with Gasteiger partial charge in [0.05, 0.1) is 0 Å². The van der Waals surface area contributed by atoms with Crippen LogP contribution in [0.2, 0.25) is 0 Å². The highest BCUT2D eigenvalue weighted by atomic mass is 19.1. The van der Waals surface area contributed by atoms with Crippen molar-refractivity contribution < 1.29 is 9.18 Å². The molecule has 7 heteroatoms. The fraction of sp³-hybridized carbons (Fsp3) is 0.385. The average Bonchev–Trinajstić information content (AvgIpc) is 2.80. The van der Waals surface area contributed by atoms with E-state index < -0.39 is 0 Å². The number of rotatable bonds is 6. The summed E-state index contributed by atoms with van der Waals surface area (Å²) in [6.07, 6.45) is 4.35. The maximum absolute atomic E-state index is 13.9. The lowest BCUT2D eigenvalue weighted by atomic mass is 9.92. The fourth-order valence-corrected chi connectivity index (χ4v) is 4.48. The molecule has 0 spiro atoms. The number of pyridine rings is 1. The number of hydrogen-bond donors (Lipinski definition) is 0. The van der Waals surface area contributed by atoms with E-state index in [-0.39, 0.29) is 17.4 Å². The van der Waals surface area contributed by atoms with Crippen molar-refractivity contribution in [2.75, 3.05) is 13.1 Å². The Bertz CT molecular complexity index is 1180. The molecule has 1 aliphatic heterocycles. The number of aromatic nitrogens is 3. The van der Waals surface area contributed by atoms with Gasteiger partial charge in [0.25, 0.3) is 0 Å². The van der Waals surface area contributed by atoms with Crippen LogP contribution in [0.4, 0.5) is 4.39 Å². The minimum absolute atomic E-state index is 0.0634. The minimum atomic E-state index is -0.302. The number of amides is 1. The first-order valence-corrected chi connectivity index (χ1v) is 11.4. The molecule has 0 atom stereocenters. The number of piperidine rings is 1. The molecule has 0 bridgehead atoms. The molecule has 172 valence electrons. The Balaban J connectivity index is 1.29. The molecule has 1 saturated heterocycles. The number of aryl methyl sites for hydroxylation is 2. The Morgan fingerprint density at radius 1 is 1.12 bits per heavy atom. The zero-order valence-corrected chi connectivity index (χ0v) is 19.1. The standard InChI is InChI=1S/C26H29FN4O2/c1-18-15-19(2)31(26(33)29-18)14-11-25(32)30-12-9-21(10-13-30)24-8-7-20(17-28-24)16-22-5-3-4-6-23(22)27/h3-8,15,17,21H,9-14,16H2,1-2H3. The van der Waals surface area contributed by atoms with E-state index in [0.717, 1.165) is 29.8 Å². The van der Waals surface area contributed by atoms with E-state index >= 15 is 0 Å². The molecule has 0 saturated carbocycles. The summed E-state index contributed by atoms with van der Waals surface area (Å²) >= 11 is 0.